The molecule has 0 radical (unpaired) electrons. The normalized spacial score (nSPS) is 21.3. The van der Waals surface area contributed by atoms with Crippen molar-refractivity contribution in [2.24, 2.45) is 9.98 Å². The lowest BCUT2D eigenvalue weighted by molar-refractivity contribution is 1.23. The van der Waals surface area contributed by atoms with E-state index in [-0.39, 0.29) is 0 Å². The summed E-state index contributed by atoms with van der Waals surface area (Å²) in [6.45, 7) is 0.804. The number of rotatable bonds is 0. The number of hydrogen-bond acceptors (Lipinski definition) is 2. The van der Waals surface area contributed by atoms with Gasteiger partial charge in [0, 0.05) is 11.8 Å². The minimum Gasteiger partial charge on any atom is -0.279 e. The van der Waals surface area contributed by atoms with Crippen molar-refractivity contribution in [3.63, 3.8) is 0 Å². The van der Waals surface area contributed by atoms with Gasteiger partial charge in [-0.3, -0.25) is 9.98 Å². The van der Waals surface area contributed by atoms with Gasteiger partial charge in [0.05, 0.1) is 18.5 Å². The van der Waals surface area contributed by atoms with Crippen molar-refractivity contribution in [2.75, 3.05) is 6.54 Å². The van der Waals surface area contributed by atoms with E-state index in [2.05, 4.69) is 16.1 Å². The fraction of sp³-hybridized carbons (Fsp3) is 0.143. The fourth-order valence-corrected chi connectivity index (χ4v) is 0.920. The zero-order chi connectivity index (χ0) is 6.10. The van der Waals surface area contributed by atoms with E-state index in [0.29, 0.717) is 0 Å². The highest BCUT2D eigenvalue weighted by Gasteiger charge is 2.07. The Labute approximate surface area is 53.3 Å². The van der Waals surface area contributed by atoms with Gasteiger partial charge in [0.15, 0.2) is 0 Å². The molecule has 2 rings (SSSR count). The van der Waals surface area contributed by atoms with Crippen LogP contribution in [0.4, 0.5) is 0 Å². The van der Waals surface area contributed by atoms with Crippen LogP contribution < -0.4 is 0 Å². The van der Waals surface area contributed by atoms with Gasteiger partial charge in [-0.15, -0.1) is 0 Å². The first kappa shape index (κ1) is 4.68. The van der Waals surface area contributed by atoms with Crippen molar-refractivity contribution in [1.29, 1.82) is 0 Å². The highest BCUT2D eigenvalue weighted by atomic mass is 14.8. The van der Waals surface area contributed by atoms with Crippen LogP contribution in [0.5, 0.6) is 0 Å². The molecule has 2 heterocycles. The molecule has 0 amide bonds. The molecule has 2 heteroatoms. The van der Waals surface area contributed by atoms with Gasteiger partial charge in [-0.1, -0.05) is 12.2 Å². The van der Waals surface area contributed by atoms with Crippen LogP contribution in [-0.2, 0) is 0 Å². The number of fused-ring (bicyclic) bond motifs is 1. The number of hydrogen-bond donors (Lipinski definition) is 0. The van der Waals surface area contributed by atoms with E-state index in [0.717, 1.165) is 17.8 Å². The molecule has 0 aliphatic carbocycles. The van der Waals surface area contributed by atoms with Crippen LogP contribution in [0.2, 0.25) is 0 Å². The van der Waals surface area contributed by atoms with Gasteiger partial charge in [0.2, 0.25) is 0 Å². The molecule has 0 aromatic heterocycles. The van der Waals surface area contributed by atoms with Crippen molar-refractivity contribution in [3.05, 3.63) is 23.9 Å². The molecular weight excluding hydrogens is 112 g/mol. The van der Waals surface area contributed by atoms with Crippen molar-refractivity contribution >= 4 is 11.9 Å². The molecule has 2 nitrogen and oxygen atoms in total. The first-order chi connectivity index (χ1) is 4.47. The highest BCUT2D eigenvalue weighted by molar-refractivity contribution is 6.41. The summed E-state index contributed by atoms with van der Waals surface area (Å²) in [6, 6.07) is 0. The van der Waals surface area contributed by atoms with Crippen LogP contribution in [0.3, 0.4) is 0 Å². The molecule has 44 valence electrons. The SMILES string of the molecule is C1=CC2=CN=CC2=NC1. The summed E-state index contributed by atoms with van der Waals surface area (Å²) in [5, 5.41) is 0. The number of allylic oxidation sites excluding steroid dienone is 2. The smallest absolute Gasteiger partial charge is 0.0848 e. The van der Waals surface area contributed by atoms with Gasteiger partial charge in [0.1, 0.15) is 0 Å². The Kier molecular flexibility index (Phi) is 0.859. The third-order valence-electron chi connectivity index (χ3n) is 1.37. The van der Waals surface area contributed by atoms with E-state index < -0.39 is 0 Å². The predicted octanol–water partition coefficient (Wildman–Crippen LogP) is 0.965. The lowest BCUT2D eigenvalue weighted by Gasteiger charge is -1.99. The number of aliphatic imine (C=N–C) groups is 2. The molecule has 0 saturated heterocycles. The maximum atomic E-state index is 4.20. The lowest BCUT2D eigenvalue weighted by atomic mass is 10.1. The molecule has 2 aliphatic rings. The summed E-state index contributed by atoms with van der Waals surface area (Å²) in [4.78, 5) is 8.16. The molecule has 0 aromatic carbocycles. The van der Waals surface area contributed by atoms with E-state index in [1.807, 2.05) is 12.3 Å². The third kappa shape index (κ3) is 0.633. The summed E-state index contributed by atoms with van der Waals surface area (Å²) < 4.78 is 0. The largest absolute Gasteiger partial charge is 0.279 e. The maximum Gasteiger partial charge on any atom is 0.0848 e. The van der Waals surface area contributed by atoms with Gasteiger partial charge in [-0.05, 0) is 0 Å². The zero-order valence-electron chi connectivity index (χ0n) is 4.91. The molecule has 2 aliphatic heterocycles. The fourth-order valence-electron chi connectivity index (χ4n) is 0.920. The van der Waals surface area contributed by atoms with E-state index in [9.17, 15) is 0 Å². The summed E-state index contributed by atoms with van der Waals surface area (Å²) in [6.07, 6.45) is 7.70. The van der Waals surface area contributed by atoms with Crippen molar-refractivity contribution in [3.8, 4) is 0 Å². The summed E-state index contributed by atoms with van der Waals surface area (Å²) >= 11 is 0. The van der Waals surface area contributed by atoms with E-state index >= 15 is 0 Å². The van der Waals surface area contributed by atoms with Gasteiger partial charge >= 0.3 is 0 Å². The lowest BCUT2D eigenvalue weighted by Crippen LogP contribution is -2.02. The standard InChI is InChI=1S/C7H6N2/c1-2-6-4-8-5-7(6)9-3-1/h1-2,4-5H,3H2. The van der Waals surface area contributed by atoms with Gasteiger partial charge in [0.25, 0.3) is 0 Å². The number of dihydropyridines is 1. The minimum atomic E-state index is 0.804. The van der Waals surface area contributed by atoms with Crippen molar-refractivity contribution in [2.45, 2.75) is 0 Å². The second-order valence-corrected chi connectivity index (χ2v) is 1.99. The molecular formula is C7H6N2. The minimum absolute atomic E-state index is 0.804. The van der Waals surface area contributed by atoms with E-state index in [1.165, 1.54) is 0 Å². The molecule has 0 aromatic rings. The summed E-state index contributed by atoms with van der Waals surface area (Å²) in [5.74, 6) is 0. The molecule has 9 heavy (non-hydrogen) atoms. The highest BCUT2D eigenvalue weighted by Crippen LogP contribution is 2.09. The Morgan fingerprint density at radius 2 is 2.44 bits per heavy atom. The Hall–Kier alpha value is -1.18. The van der Waals surface area contributed by atoms with Gasteiger partial charge in [-0.25, -0.2) is 0 Å². The predicted molar refractivity (Wildman–Crippen MR) is 38.0 cm³/mol. The number of nitrogens with zero attached hydrogens (tertiary/aromatic N) is 2. The molecule has 0 atom stereocenters. The Morgan fingerprint density at radius 3 is 3.33 bits per heavy atom. The molecule has 0 saturated carbocycles. The van der Waals surface area contributed by atoms with Crippen LogP contribution in [0.15, 0.2) is 33.9 Å². The second kappa shape index (κ2) is 1.65. The van der Waals surface area contributed by atoms with Crippen LogP contribution in [-0.4, -0.2) is 18.5 Å². The second-order valence-electron chi connectivity index (χ2n) is 1.99. The molecule has 0 unspecified atom stereocenters. The van der Waals surface area contributed by atoms with Crippen LogP contribution in [0.1, 0.15) is 0 Å². The zero-order valence-corrected chi connectivity index (χ0v) is 4.91. The van der Waals surface area contributed by atoms with Crippen LogP contribution >= 0.6 is 0 Å². The van der Waals surface area contributed by atoms with E-state index in [4.69, 9.17) is 0 Å². The molecule has 0 N–H and O–H groups in total. The van der Waals surface area contributed by atoms with Gasteiger partial charge < -0.3 is 0 Å². The van der Waals surface area contributed by atoms with Crippen molar-refractivity contribution < 1.29 is 0 Å². The summed E-state index contributed by atoms with van der Waals surface area (Å²) in [5.41, 5.74) is 2.17. The Morgan fingerprint density at radius 1 is 1.44 bits per heavy atom. The first-order valence-corrected chi connectivity index (χ1v) is 2.91. The average Bonchev–Trinajstić information content (AvgIpc) is 2.33. The van der Waals surface area contributed by atoms with Crippen LogP contribution in [0.25, 0.3) is 0 Å². The van der Waals surface area contributed by atoms with Crippen molar-refractivity contribution in [1.82, 2.24) is 0 Å². The third-order valence-corrected chi connectivity index (χ3v) is 1.37. The molecule has 0 bridgehead atoms. The summed E-state index contributed by atoms with van der Waals surface area (Å²) in [7, 11) is 0. The Bertz CT molecular complexity index is 244. The van der Waals surface area contributed by atoms with E-state index in [1.54, 1.807) is 6.21 Å². The first-order valence-electron chi connectivity index (χ1n) is 2.91. The van der Waals surface area contributed by atoms with Gasteiger partial charge in [-0.2, -0.15) is 0 Å². The molecule has 0 spiro atoms. The Balaban J connectivity index is 2.46. The quantitative estimate of drug-likeness (QED) is 0.452. The maximum absolute atomic E-state index is 4.20. The average molecular weight is 118 g/mol. The molecule has 0 fully saturated rings. The topological polar surface area (TPSA) is 24.7 Å². The van der Waals surface area contributed by atoms with Crippen LogP contribution in [0, 0.1) is 0 Å². The monoisotopic (exact) mass is 118 g/mol.